The lowest BCUT2D eigenvalue weighted by Gasteiger charge is -2.42. The van der Waals surface area contributed by atoms with Crippen LogP contribution >= 0.6 is 11.3 Å². The molecule has 4 rings (SSSR count). The zero-order valence-electron chi connectivity index (χ0n) is 16.6. The summed E-state index contributed by atoms with van der Waals surface area (Å²) in [5.74, 6) is 0.362. The maximum atomic E-state index is 13.0. The summed E-state index contributed by atoms with van der Waals surface area (Å²) in [6, 6.07) is 6.18. The quantitative estimate of drug-likeness (QED) is 0.721. The van der Waals surface area contributed by atoms with Crippen molar-refractivity contribution in [1.29, 1.82) is 0 Å². The molecule has 0 aliphatic carbocycles. The van der Waals surface area contributed by atoms with Crippen LogP contribution in [0.1, 0.15) is 23.5 Å². The van der Waals surface area contributed by atoms with Crippen LogP contribution in [0.25, 0.3) is 0 Å². The van der Waals surface area contributed by atoms with Crippen molar-refractivity contribution in [3.05, 3.63) is 46.2 Å². The Balaban J connectivity index is 1.26. The van der Waals surface area contributed by atoms with E-state index in [0.717, 1.165) is 43.2 Å². The number of rotatable bonds is 6. The fourth-order valence-electron chi connectivity index (χ4n) is 3.88. The second kappa shape index (κ2) is 9.19. The number of morpholine rings is 1. The number of ether oxygens (including phenoxy) is 2. The SMILES string of the molecule is Cc1csc(CN2CCC(N3C[C@@H](COc4ccc(F)cc4)OCC3=O)CC2)n1. The first-order valence-corrected chi connectivity index (χ1v) is 10.9. The molecule has 2 aliphatic rings. The van der Waals surface area contributed by atoms with Gasteiger partial charge in [0, 0.05) is 30.2 Å². The number of halogens is 1. The minimum absolute atomic E-state index is 0.0528. The van der Waals surface area contributed by atoms with Gasteiger partial charge in [0.25, 0.3) is 0 Å². The van der Waals surface area contributed by atoms with Crippen LogP contribution in [-0.2, 0) is 16.1 Å². The molecule has 1 aromatic heterocycles. The number of hydrogen-bond donors (Lipinski definition) is 0. The Labute approximate surface area is 174 Å². The van der Waals surface area contributed by atoms with Gasteiger partial charge in [-0.1, -0.05) is 0 Å². The summed E-state index contributed by atoms with van der Waals surface area (Å²) in [5, 5.41) is 3.24. The Morgan fingerprint density at radius 3 is 2.72 bits per heavy atom. The van der Waals surface area contributed by atoms with Crippen molar-refractivity contribution in [2.24, 2.45) is 0 Å². The Morgan fingerprint density at radius 1 is 1.28 bits per heavy atom. The fourth-order valence-corrected chi connectivity index (χ4v) is 4.69. The number of piperidine rings is 1. The lowest BCUT2D eigenvalue weighted by Crippen LogP contribution is -2.55. The molecular weight excluding hydrogens is 393 g/mol. The van der Waals surface area contributed by atoms with Crippen molar-refractivity contribution in [1.82, 2.24) is 14.8 Å². The molecule has 2 fully saturated rings. The molecule has 0 radical (unpaired) electrons. The van der Waals surface area contributed by atoms with Gasteiger partial charge >= 0.3 is 0 Å². The highest BCUT2D eigenvalue weighted by molar-refractivity contribution is 7.09. The first-order valence-electron chi connectivity index (χ1n) is 9.99. The third kappa shape index (κ3) is 5.32. The highest BCUT2D eigenvalue weighted by atomic mass is 32.1. The molecule has 2 aliphatic heterocycles. The number of aryl methyl sites for hydroxylation is 1. The number of nitrogens with zero attached hydrogens (tertiary/aromatic N) is 3. The lowest BCUT2D eigenvalue weighted by molar-refractivity contribution is -0.155. The largest absolute Gasteiger partial charge is 0.491 e. The second-order valence-corrected chi connectivity index (χ2v) is 8.58. The molecule has 6 nitrogen and oxygen atoms in total. The summed E-state index contributed by atoms with van der Waals surface area (Å²) >= 11 is 1.71. The first kappa shape index (κ1) is 20.3. The smallest absolute Gasteiger partial charge is 0.248 e. The van der Waals surface area contributed by atoms with E-state index in [9.17, 15) is 9.18 Å². The van der Waals surface area contributed by atoms with Gasteiger partial charge in [0.05, 0.1) is 13.1 Å². The molecule has 1 atom stereocenters. The van der Waals surface area contributed by atoms with E-state index in [-0.39, 0.29) is 30.5 Å². The van der Waals surface area contributed by atoms with E-state index in [1.54, 1.807) is 23.5 Å². The van der Waals surface area contributed by atoms with Crippen LogP contribution < -0.4 is 4.74 Å². The van der Waals surface area contributed by atoms with Gasteiger partial charge in [-0.15, -0.1) is 11.3 Å². The summed E-state index contributed by atoms with van der Waals surface area (Å²) < 4.78 is 24.4. The predicted octanol–water partition coefficient (Wildman–Crippen LogP) is 2.86. The average molecular weight is 420 g/mol. The molecule has 0 spiro atoms. The number of benzene rings is 1. The van der Waals surface area contributed by atoms with Crippen LogP contribution in [0.2, 0.25) is 0 Å². The molecule has 0 N–H and O–H groups in total. The molecule has 2 aromatic rings. The van der Waals surface area contributed by atoms with Gasteiger partial charge in [-0.05, 0) is 44.0 Å². The fraction of sp³-hybridized carbons (Fsp3) is 0.524. The van der Waals surface area contributed by atoms with Crippen LogP contribution in [0.4, 0.5) is 4.39 Å². The molecule has 8 heteroatoms. The number of amides is 1. The predicted molar refractivity (Wildman–Crippen MR) is 108 cm³/mol. The third-order valence-electron chi connectivity index (χ3n) is 5.44. The topological polar surface area (TPSA) is 54.9 Å². The second-order valence-electron chi connectivity index (χ2n) is 7.63. The van der Waals surface area contributed by atoms with Crippen molar-refractivity contribution in [3.63, 3.8) is 0 Å². The number of hydrogen-bond acceptors (Lipinski definition) is 6. The minimum Gasteiger partial charge on any atom is -0.491 e. The van der Waals surface area contributed by atoms with E-state index < -0.39 is 0 Å². The van der Waals surface area contributed by atoms with Crippen LogP contribution in [0.15, 0.2) is 29.6 Å². The van der Waals surface area contributed by atoms with Crippen molar-refractivity contribution in [3.8, 4) is 5.75 Å². The molecule has 1 amide bonds. The van der Waals surface area contributed by atoms with E-state index in [2.05, 4.69) is 15.3 Å². The first-order chi connectivity index (χ1) is 14.1. The van der Waals surface area contributed by atoms with Crippen molar-refractivity contribution in [2.45, 2.75) is 38.5 Å². The van der Waals surface area contributed by atoms with E-state index in [1.807, 2.05) is 11.8 Å². The Bertz CT molecular complexity index is 821. The molecule has 3 heterocycles. The van der Waals surface area contributed by atoms with Gasteiger partial charge in [-0.25, -0.2) is 9.37 Å². The zero-order chi connectivity index (χ0) is 20.2. The Hall–Kier alpha value is -2.03. The van der Waals surface area contributed by atoms with Gasteiger partial charge in [-0.3, -0.25) is 9.69 Å². The van der Waals surface area contributed by atoms with Crippen LogP contribution in [0, 0.1) is 12.7 Å². The minimum atomic E-state index is -0.292. The van der Waals surface area contributed by atoms with Crippen LogP contribution in [-0.4, -0.2) is 65.7 Å². The molecule has 0 bridgehead atoms. The summed E-state index contributed by atoms with van der Waals surface area (Å²) in [6.07, 6.45) is 1.75. The average Bonchev–Trinajstić information content (AvgIpc) is 3.14. The van der Waals surface area contributed by atoms with Gasteiger partial charge in [0.15, 0.2) is 0 Å². The number of aromatic nitrogens is 1. The van der Waals surface area contributed by atoms with Gasteiger partial charge in [-0.2, -0.15) is 0 Å². The van der Waals surface area contributed by atoms with Crippen LogP contribution in [0.5, 0.6) is 5.75 Å². The monoisotopic (exact) mass is 419 g/mol. The van der Waals surface area contributed by atoms with Gasteiger partial charge in [0.2, 0.25) is 5.91 Å². The van der Waals surface area contributed by atoms with E-state index in [4.69, 9.17) is 9.47 Å². The highest BCUT2D eigenvalue weighted by Gasteiger charge is 2.34. The third-order valence-corrected chi connectivity index (χ3v) is 6.39. The summed E-state index contributed by atoms with van der Waals surface area (Å²) in [5.41, 5.74) is 1.08. The molecule has 156 valence electrons. The number of carbonyl (C=O) groups is 1. The normalized spacial score (nSPS) is 21.5. The number of thiazole rings is 1. The van der Waals surface area contributed by atoms with Crippen molar-refractivity contribution >= 4 is 17.2 Å². The maximum absolute atomic E-state index is 13.0. The van der Waals surface area contributed by atoms with Gasteiger partial charge in [0.1, 0.15) is 35.9 Å². The zero-order valence-corrected chi connectivity index (χ0v) is 17.4. The molecular formula is C21H26FN3O3S. The molecule has 0 saturated carbocycles. The molecule has 0 unspecified atom stereocenters. The Kier molecular flexibility index (Phi) is 6.42. The van der Waals surface area contributed by atoms with E-state index in [0.29, 0.717) is 18.9 Å². The van der Waals surface area contributed by atoms with E-state index >= 15 is 0 Å². The van der Waals surface area contributed by atoms with Crippen molar-refractivity contribution < 1.29 is 18.7 Å². The van der Waals surface area contributed by atoms with Gasteiger partial charge < -0.3 is 14.4 Å². The molecule has 29 heavy (non-hydrogen) atoms. The number of likely N-dealkylation sites (tertiary alicyclic amines) is 1. The highest BCUT2D eigenvalue weighted by Crippen LogP contribution is 2.22. The number of carbonyl (C=O) groups excluding carboxylic acids is 1. The summed E-state index contributed by atoms with van der Waals surface area (Å²) in [6.45, 7) is 5.81. The molecule has 2 saturated heterocycles. The van der Waals surface area contributed by atoms with Crippen molar-refractivity contribution in [2.75, 3.05) is 32.8 Å². The Morgan fingerprint density at radius 2 is 2.03 bits per heavy atom. The summed E-state index contributed by atoms with van der Waals surface area (Å²) in [7, 11) is 0. The van der Waals surface area contributed by atoms with Crippen LogP contribution in [0.3, 0.4) is 0 Å². The maximum Gasteiger partial charge on any atom is 0.248 e. The molecule has 1 aromatic carbocycles. The lowest BCUT2D eigenvalue weighted by atomic mass is 10.0. The summed E-state index contributed by atoms with van der Waals surface area (Å²) in [4.78, 5) is 21.3. The standard InChI is InChI=1S/C21H26FN3O3S/c1-15-14-29-20(23-15)11-24-8-6-17(7-9-24)25-10-19(28-13-21(25)26)12-27-18-4-2-16(22)3-5-18/h2-5,14,17,19H,6-13H2,1H3/t19-/m0/s1. The van der Waals surface area contributed by atoms with E-state index in [1.165, 1.54) is 12.1 Å².